The first-order chi connectivity index (χ1) is 11.3. The molecule has 0 aromatic heterocycles. The van der Waals surface area contributed by atoms with E-state index in [1.807, 2.05) is 4.90 Å². The van der Waals surface area contributed by atoms with Crippen LogP contribution in [0.5, 0.6) is 0 Å². The molecule has 0 atom stereocenters. The quantitative estimate of drug-likeness (QED) is 0.628. The Labute approximate surface area is 138 Å². The van der Waals surface area contributed by atoms with Crippen molar-refractivity contribution in [2.24, 2.45) is 0 Å². The predicted molar refractivity (Wildman–Crippen MR) is 87.4 cm³/mol. The molecule has 0 saturated heterocycles. The summed E-state index contributed by atoms with van der Waals surface area (Å²) in [6.45, 7) is 1.08. The fraction of sp³-hybridized carbons (Fsp3) is 0.250. The Morgan fingerprint density at radius 2 is 1.92 bits per heavy atom. The summed E-state index contributed by atoms with van der Waals surface area (Å²) in [5, 5.41) is 11.0. The van der Waals surface area contributed by atoms with Gasteiger partial charge in [-0.15, -0.1) is 0 Å². The van der Waals surface area contributed by atoms with Gasteiger partial charge in [-0.1, -0.05) is 6.07 Å². The van der Waals surface area contributed by atoms with E-state index < -0.39 is 20.4 Å². The Hall–Kier alpha value is -2.48. The molecule has 0 N–H and O–H groups in total. The summed E-state index contributed by atoms with van der Waals surface area (Å²) >= 11 is 0. The number of halogens is 1. The Kier molecular flexibility index (Phi) is 4.00. The van der Waals surface area contributed by atoms with Crippen molar-refractivity contribution < 1.29 is 17.7 Å². The summed E-state index contributed by atoms with van der Waals surface area (Å²) in [5.41, 5.74) is 2.05. The fourth-order valence-electron chi connectivity index (χ4n) is 2.89. The van der Waals surface area contributed by atoms with Gasteiger partial charge in [-0.05, 0) is 41.8 Å². The zero-order valence-corrected chi connectivity index (χ0v) is 13.7. The number of nitro benzene ring substituents is 1. The Balaban J connectivity index is 1.99. The lowest BCUT2D eigenvalue weighted by atomic mass is 9.99. The SMILES string of the molecule is CS(=O)(=O)c1cc(N2CCc3cc(F)ccc3C2)ccc1[N+](=O)[O-]. The van der Waals surface area contributed by atoms with E-state index in [-0.39, 0.29) is 10.7 Å². The number of hydrogen-bond donors (Lipinski definition) is 0. The molecule has 6 nitrogen and oxygen atoms in total. The molecule has 2 aromatic rings. The number of sulfone groups is 1. The van der Waals surface area contributed by atoms with Crippen molar-refractivity contribution in [1.29, 1.82) is 0 Å². The molecule has 126 valence electrons. The molecule has 0 radical (unpaired) electrons. The maximum absolute atomic E-state index is 13.3. The average Bonchev–Trinajstić information content (AvgIpc) is 2.53. The van der Waals surface area contributed by atoms with Crippen molar-refractivity contribution in [2.75, 3.05) is 17.7 Å². The van der Waals surface area contributed by atoms with Crippen LogP contribution < -0.4 is 4.90 Å². The minimum atomic E-state index is -3.72. The standard InChI is InChI=1S/C16H15FN2O4S/c1-24(22,23)16-9-14(4-5-15(16)19(20)21)18-7-6-11-8-13(17)3-2-12(11)10-18/h2-5,8-9H,6-7,10H2,1H3. The Morgan fingerprint density at radius 3 is 2.58 bits per heavy atom. The zero-order chi connectivity index (χ0) is 17.5. The highest BCUT2D eigenvalue weighted by atomic mass is 32.2. The first-order valence-electron chi connectivity index (χ1n) is 7.26. The van der Waals surface area contributed by atoms with E-state index in [4.69, 9.17) is 0 Å². The van der Waals surface area contributed by atoms with E-state index >= 15 is 0 Å². The molecule has 1 aliphatic heterocycles. The summed E-state index contributed by atoms with van der Waals surface area (Å²) in [6.07, 6.45) is 1.58. The summed E-state index contributed by atoms with van der Waals surface area (Å²) in [6, 6.07) is 8.69. The molecular weight excluding hydrogens is 335 g/mol. The van der Waals surface area contributed by atoms with E-state index in [2.05, 4.69) is 0 Å². The maximum Gasteiger partial charge on any atom is 0.288 e. The van der Waals surface area contributed by atoms with Crippen molar-refractivity contribution in [3.63, 3.8) is 0 Å². The first kappa shape index (κ1) is 16.4. The third kappa shape index (κ3) is 3.09. The topological polar surface area (TPSA) is 80.5 Å². The second-order valence-electron chi connectivity index (χ2n) is 5.77. The molecule has 0 aliphatic carbocycles. The number of anilines is 1. The number of benzene rings is 2. The van der Waals surface area contributed by atoms with Crippen molar-refractivity contribution >= 4 is 21.2 Å². The molecule has 0 spiro atoms. The van der Waals surface area contributed by atoms with Crippen molar-refractivity contribution in [3.05, 3.63) is 63.5 Å². The molecule has 24 heavy (non-hydrogen) atoms. The van der Waals surface area contributed by atoms with E-state index in [9.17, 15) is 22.9 Å². The van der Waals surface area contributed by atoms with E-state index in [0.717, 1.165) is 17.4 Å². The van der Waals surface area contributed by atoms with Crippen LogP contribution in [0, 0.1) is 15.9 Å². The fourth-order valence-corrected chi connectivity index (χ4v) is 3.75. The van der Waals surface area contributed by atoms with Gasteiger partial charge in [0.05, 0.1) is 4.92 Å². The van der Waals surface area contributed by atoms with Gasteiger partial charge in [0.15, 0.2) is 9.84 Å². The number of rotatable bonds is 3. The minimum absolute atomic E-state index is 0.281. The lowest BCUT2D eigenvalue weighted by molar-refractivity contribution is -0.387. The second-order valence-corrected chi connectivity index (χ2v) is 7.75. The van der Waals surface area contributed by atoms with E-state index in [1.54, 1.807) is 12.1 Å². The Bertz CT molecular complexity index is 928. The van der Waals surface area contributed by atoms with Gasteiger partial charge in [0, 0.05) is 31.1 Å². The molecule has 0 saturated carbocycles. The molecule has 0 unspecified atom stereocenters. The van der Waals surface area contributed by atoms with Crippen LogP contribution in [0.15, 0.2) is 41.3 Å². The van der Waals surface area contributed by atoms with Gasteiger partial charge in [0.1, 0.15) is 10.7 Å². The van der Waals surface area contributed by atoms with Crippen LogP contribution in [-0.4, -0.2) is 26.1 Å². The summed E-state index contributed by atoms with van der Waals surface area (Å²) in [7, 11) is -3.72. The van der Waals surface area contributed by atoms with Crippen molar-refractivity contribution in [1.82, 2.24) is 0 Å². The predicted octanol–water partition coefficient (Wildman–Crippen LogP) is 2.70. The molecule has 0 fully saturated rings. The van der Waals surface area contributed by atoms with Crippen LogP contribution in [0.1, 0.15) is 11.1 Å². The molecule has 2 aromatic carbocycles. The minimum Gasteiger partial charge on any atom is -0.367 e. The van der Waals surface area contributed by atoms with Crippen LogP contribution in [0.3, 0.4) is 0 Å². The van der Waals surface area contributed by atoms with E-state index in [0.29, 0.717) is 25.2 Å². The number of fused-ring (bicyclic) bond motifs is 1. The van der Waals surface area contributed by atoms with Crippen LogP contribution in [0.2, 0.25) is 0 Å². The zero-order valence-electron chi connectivity index (χ0n) is 12.9. The van der Waals surface area contributed by atoms with Gasteiger partial charge in [-0.2, -0.15) is 0 Å². The number of nitro groups is 1. The van der Waals surface area contributed by atoms with Gasteiger partial charge in [-0.25, -0.2) is 12.8 Å². The average molecular weight is 350 g/mol. The van der Waals surface area contributed by atoms with Gasteiger partial charge < -0.3 is 4.90 Å². The largest absolute Gasteiger partial charge is 0.367 e. The molecule has 0 amide bonds. The van der Waals surface area contributed by atoms with Gasteiger partial charge in [0.25, 0.3) is 5.69 Å². The Morgan fingerprint density at radius 1 is 1.17 bits per heavy atom. The molecule has 0 bridgehead atoms. The monoisotopic (exact) mass is 350 g/mol. The van der Waals surface area contributed by atoms with Crippen molar-refractivity contribution in [2.45, 2.75) is 17.9 Å². The molecule has 1 aliphatic rings. The first-order valence-corrected chi connectivity index (χ1v) is 9.15. The lowest BCUT2D eigenvalue weighted by Gasteiger charge is -2.31. The number of nitrogens with zero attached hydrogens (tertiary/aromatic N) is 2. The smallest absolute Gasteiger partial charge is 0.288 e. The van der Waals surface area contributed by atoms with Crippen LogP contribution in [-0.2, 0) is 22.8 Å². The molecule has 3 rings (SSSR count). The van der Waals surface area contributed by atoms with Gasteiger partial charge in [-0.3, -0.25) is 10.1 Å². The van der Waals surface area contributed by atoms with Gasteiger partial charge in [0.2, 0.25) is 0 Å². The highest BCUT2D eigenvalue weighted by Gasteiger charge is 2.25. The highest BCUT2D eigenvalue weighted by Crippen LogP contribution is 2.31. The second kappa shape index (κ2) is 5.86. The summed E-state index contributed by atoms with van der Waals surface area (Å²) < 4.78 is 37.0. The van der Waals surface area contributed by atoms with Gasteiger partial charge >= 0.3 is 0 Å². The lowest BCUT2D eigenvalue weighted by Crippen LogP contribution is -2.30. The van der Waals surface area contributed by atoms with Crippen LogP contribution in [0.4, 0.5) is 15.8 Å². The van der Waals surface area contributed by atoms with E-state index in [1.165, 1.54) is 24.3 Å². The van der Waals surface area contributed by atoms with Crippen LogP contribution in [0.25, 0.3) is 0 Å². The molecule has 8 heteroatoms. The molecular formula is C16H15FN2O4S. The third-order valence-corrected chi connectivity index (χ3v) is 5.21. The third-order valence-electron chi connectivity index (χ3n) is 4.09. The normalized spacial score (nSPS) is 14.3. The summed E-state index contributed by atoms with van der Waals surface area (Å²) in [4.78, 5) is 12.0. The summed E-state index contributed by atoms with van der Waals surface area (Å²) in [5.74, 6) is -0.281. The molecule has 1 heterocycles. The van der Waals surface area contributed by atoms with Crippen molar-refractivity contribution in [3.8, 4) is 0 Å². The maximum atomic E-state index is 13.3. The number of hydrogen-bond acceptors (Lipinski definition) is 5. The highest BCUT2D eigenvalue weighted by molar-refractivity contribution is 7.90. The van der Waals surface area contributed by atoms with Crippen LogP contribution >= 0.6 is 0 Å².